The highest BCUT2D eigenvalue weighted by atomic mass is 16.7. The Balaban J connectivity index is 1.61. The van der Waals surface area contributed by atoms with Gasteiger partial charge in [0.15, 0.2) is 11.5 Å². The molecule has 2 aliphatic rings. The Bertz CT molecular complexity index is 536. The fourth-order valence-corrected chi connectivity index (χ4v) is 2.87. The van der Waals surface area contributed by atoms with Crippen molar-refractivity contribution in [3.63, 3.8) is 0 Å². The van der Waals surface area contributed by atoms with Crippen molar-refractivity contribution in [3.8, 4) is 11.5 Å². The lowest BCUT2D eigenvalue weighted by molar-refractivity contribution is 0.0901. The number of fused-ring (bicyclic) bond motifs is 1. The summed E-state index contributed by atoms with van der Waals surface area (Å²) < 4.78 is 10.6. The van der Waals surface area contributed by atoms with Gasteiger partial charge in [-0.15, -0.1) is 0 Å². The third-order valence-electron chi connectivity index (χ3n) is 4.28. The summed E-state index contributed by atoms with van der Waals surface area (Å²) in [5.41, 5.74) is 0.596. The molecule has 1 amide bonds. The highest BCUT2D eigenvalue weighted by molar-refractivity contribution is 5.95. The van der Waals surface area contributed by atoms with E-state index in [0.29, 0.717) is 23.6 Å². The maximum atomic E-state index is 12.3. The van der Waals surface area contributed by atoms with Gasteiger partial charge in [-0.2, -0.15) is 0 Å². The van der Waals surface area contributed by atoms with Crippen molar-refractivity contribution >= 4 is 5.91 Å². The van der Waals surface area contributed by atoms with Crippen LogP contribution in [0.3, 0.4) is 0 Å². The smallest absolute Gasteiger partial charge is 0.251 e. The van der Waals surface area contributed by atoms with Crippen LogP contribution in [0.2, 0.25) is 0 Å². The third kappa shape index (κ3) is 2.97. The zero-order valence-electron chi connectivity index (χ0n) is 12.6. The predicted molar refractivity (Wildman–Crippen MR) is 79.8 cm³/mol. The van der Waals surface area contributed by atoms with Gasteiger partial charge in [0.1, 0.15) is 0 Å². The summed E-state index contributed by atoms with van der Waals surface area (Å²) in [5, 5.41) is 3.03. The number of nitrogens with one attached hydrogen (secondary N) is 1. The SMILES string of the molecule is CC(C)(CNC(=O)c1ccc2c(c1)OCO2)N1CCCC1. The molecule has 21 heavy (non-hydrogen) atoms. The van der Waals surface area contributed by atoms with Crippen LogP contribution in [0, 0.1) is 0 Å². The highest BCUT2D eigenvalue weighted by Crippen LogP contribution is 2.32. The first-order valence-corrected chi connectivity index (χ1v) is 7.49. The van der Waals surface area contributed by atoms with Crippen molar-refractivity contribution < 1.29 is 14.3 Å². The molecule has 0 atom stereocenters. The van der Waals surface area contributed by atoms with Gasteiger partial charge < -0.3 is 14.8 Å². The van der Waals surface area contributed by atoms with Crippen molar-refractivity contribution in [1.29, 1.82) is 0 Å². The fraction of sp³-hybridized carbons (Fsp3) is 0.562. The highest BCUT2D eigenvalue weighted by Gasteiger charge is 2.29. The van der Waals surface area contributed by atoms with Gasteiger partial charge in [0, 0.05) is 17.6 Å². The van der Waals surface area contributed by atoms with E-state index in [2.05, 4.69) is 24.1 Å². The maximum Gasteiger partial charge on any atom is 0.251 e. The topological polar surface area (TPSA) is 50.8 Å². The molecule has 1 N–H and O–H groups in total. The molecule has 0 bridgehead atoms. The Hall–Kier alpha value is -1.75. The molecule has 0 aromatic heterocycles. The molecule has 2 aliphatic heterocycles. The van der Waals surface area contributed by atoms with Gasteiger partial charge in [-0.3, -0.25) is 9.69 Å². The van der Waals surface area contributed by atoms with E-state index >= 15 is 0 Å². The van der Waals surface area contributed by atoms with Gasteiger partial charge in [-0.1, -0.05) is 0 Å². The number of benzene rings is 1. The Kier molecular flexibility index (Phi) is 3.76. The monoisotopic (exact) mass is 290 g/mol. The van der Waals surface area contributed by atoms with Crippen LogP contribution < -0.4 is 14.8 Å². The first kappa shape index (κ1) is 14.2. The molecule has 0 radical (unpaired) electrons. The number of hydrogen-bond acceptors (Lipinski definition) is 4. The molecule has 5 heteroatoms. The number of nitrogens with zero attached hydrogens (tertiary/aromatic N) is 1. The normalized spacial score (nSPS) is 18.0. The van der Waals surface area contributed by atoms with Gasteiger partial charge in [0.25, 0.3) is 5.91 Å². The van der Waals surface area contributed by atoms with Crippen molar-refractivity contribution in [3.05, 3.63) is 23.8 Å². The second kappa shape index (κ2) is 5.56. The average Bonchev–Trinajstić information content (AvgIpc) is 3.14. The quantitative estimate of drug-likeness (QED) is 0.921. The average molecular weight is 290 g/mol. The van der Waals surface area contributed by atoms with E-state index in [1.54, 1.807) is 18.2 Å². The zero-order chi connectivity index (χ0) is 14.9. The minimum Gasteiger partial charge on any atom is -0.454 e. The van der Waals surface area contributed by atoms with E-state index in [1.807, 2.05) is 0 Å². The maximum absolute atomic E-state index is 12.3. The number of likely N-dealkylation sites (tertiary alicyclic amines) is 1. The Morgan fingerprint density at radius 1 is 1.24 bits per heavy atom. The molecule has 0 unspecified atom stereocenters. The molecule has 5 nitrogen and oxygen atoms in total. The number of carbonyl (C=O) groups excluding carboxylic acids is 1. The molecule has 114 valence electrons. The number of hydrogen-bond donors (Lipinski definition) is 1. The van der Waals surface area contributed by atoms with E-state index in [4.69, 9.17) is 9.47 Å². The van der Waals surface area contributed by atoms with Crippen LogP contribution in [0.5, 0.6) is 11.5 Å². The number of rotatable bonds is 4. The van der Waals surface area contributed by atoms with Crippen molar-refractivity contribution in [2.75, 3.05) is 26.4 Å². The zero-order valence-corrected chi connectivity index (χ0v) is 12.6. The van der Waals surface area contributed by atoms with Gasteiger partial charge in [-0.05, 0) is 58.0 Å². The Morgan fingerprint density at radius 3 is 2.71 bits per heavy atom. The summed E-state index contributed by atoms with van der Waals surface area (Å²) in [5.74, 6) is 1.27. The lowest BCUT2D eigenvalue weighted by Gasteiger charge is -2.35. The largest absolute Gasteiger partial charge is 0.454 e. The van der Waals surface area contributed by atoms with Crippen molar-refractivity contribution in [2.45, 2.75) is 32.2 Å². The summed E-state index contributed by atoms with van der Waals surface area (Å²) in [7, 11) is 0. The minimum atomic E-state index is -0.0689. The third-order valence-corrected chi connectivity index (χ3v) is 4.28. The number of ether oxygens (including phenoxy) is 2. The second-order valence-electron chi connectivity index (χ2n) is 6.26. The summed E-state index contributed by atoms with van der Waals surface area (Å²) in [6, 6.07) is 5.29. The van der Waals surface area contributed by atoms with Gasteiger partial charge in [0.05, 0.1) is 0 Å². The first-order chi connectivity index (χ1) is 10.1. The fourth-order valence-electron chi connectivity index (χ4n) is 2.87. The van der Waals surface area contributed by atoms with Gasteiger partial charge >= 0.3 is 0 Å². The van der Waals surface area contributed by atoms with Gasteiger partial charge in [0.2, 0.25) is 6.79 Å². The molecule has 1 aromatic carbocycles. The first-order valence-electron chi connectivity index (χ1n) is 7.49. The predicted octanol–water partition coefficient (Wildman–Crippen LogP) is 2.02. The lowest BCUT2D eigenvalue weighted by Crippen LogP contribution is -2.50. The second-order valence-corrected chi connectivity index (χ2v) is 6.26. The molecule has 2 heterocycles. The van der Waals surface area contributed by atoms with Crippen LogP contribution >= 0.6 is 0 Å². The van der Waals surface area contributed by atoms with Crippen LogP contribution in [0.1, 0.15) is 37.0 Å². The summed E-state index contributed by atoms with van der Waals surface area (Å²) >= 11 is 0. The molecule has 0 saturated carbocycles. The standard InChI is InChI=1S/C16H22N2O3/c1-16(2,18-7-3-4-8-18)10-17-15(19)12-5-6-13-14(9-12)21-11-20-13/h5-6,9H,3-4,7-8,10-11H2,1-2H3,(H,17,19). The Morgan fingerprint density at radius 2 is 1.95 bits per heavy atom. The van der Waals surface area contributed by atoms with Crippen molar-refractivity contribution in [2.24, 2.45) is 0 Å². The molecule has 1 aromatic rings. The molecular formula is C16H22N2O3. The lowest BCUT2D eigenvalue weighted by atomic mass is 10.0. The van der Waals surface area contributed by atoms with Crippen LogP contribution in [0.15, 0.2) is 18.2 Å². The van der Waals surface area contributed by atoms with E-state index in [0.717, 1.165) is 13.1 Å². The van der Waals surface area contributed by atoms with Crippen LogP contribution in [-0.4, -0.2) is 42.8 Å². The van der Waals surface area contributed by atoms with E-state index < -0.39 is 0 Å². The van der Waals surface area contributed by atoms with E-state index in [1.165, 1.54) is 12.8 Å². The molecule has 3 rings (SSSR count). The molecule has 0 spiro atoms. The summed E-state index contributed by atoms with van der Waals surface area (Å²) in [6.45, 7) is 7.46. The Labute approximate surface area is 125 Å². The molecular weight excluding hydrogens is 268 g/mol. The molecule has 0 aliphatic carbocycles. The molecule has 1 fully saturated rings. The number of amides is 1. The van der Waals surface area contributed by atoms with E-state index in [9.17, 15) is 4.79 Å². The number of carbonyl (C=O) groups is 1. The van der Waals surface area contributed by atoms with E-state index in [-0.39, 0.29) is 18.2 Å². The van der Waals surface area contributed by atoms with Crippen LogP contribution in [0.25, 0.3) is 0 Å². The molecule has 1 saturated heterocycles. The van der Waals surface area contributed by atoms with Crippen LogP contribution in [-0.2, 0) is 0 Å². The summed E-state index contributed by atoms with van der Waals surface area (Å²) in [6.07, 6.45) is 2.50. The van der Waals surface area contributed by atoms with Crippen molar-refractivity contribution in [1.82, 2.24) is 10.2 Å². The van der Waals surface area contributed by atoms with Crippen LogP contribution in [0.4, 0.5) is 0 Å². The summed E-state index contributed by atoms with van der Waals surface area (Å²) in [4.78, 5) is 14.7. The van der Waals surface area contributed by atoms with Gasteiger partial charge in [-0.25, -0.2) is 0 Å². The minimum absolute atomic E-state index is 0.0114.